The zero-order valence-corrected chi connectivity index (χ0v) is 16.8. The number of imide groups is 1. The highest BCUT2D eigenvalue weighted by Crippen LogP contribution is 2.40. The fraction of sp³-hybridized carbons (Fsp3) is 0.500. The lowest BCUT2D eigenvalue weighted by atomic mass is 10.0. The lowest BCUT2D eigenvalue weighted by Gasteiger charge is -2.40. The van der Waals surface area contributed by atoms with Crippen LogP contribution in [0.25, 0.3) is 0 Å². The number of fused-ring (bicyclic) bond motifs is 2. The maximum Gasteiger partial charge on any atom is 0.323 e. The molecular formula is C20H26N4O6. The second-order valence-electron chi connectivity index (χ2n) is 7.26. The third-order valence-electron chi connectivity index (χ3n) is 5.01. The standard InChI is InChI=1S/C20H26N4O6/c1-12-10-13-14(11-15(12)30-9-8-25)24(7-5-3-2-4-6-16(26)27)18-17(21-13)19(28)23-20(29)22-18/h10-11,18,25H,2-9H2,1H3,(H,26,27)(H2,22,23,28,29). The molecule has 0 radical (unpaired) electrons. The van der Waals surface area contributed by atoms with Crippen LogP contribution in [0.15, 0.2) is 17.1 Å². The Balaban J connectivity index is 1.83. The molecule has 10 heteroatoms. The Kier molecular flexibility index (Phi) is 6.88. The number of ether oxygens (including phenoxy) is 1. The summed E-state index contributed by atoms with van der Waals surface area (Å²) >= 11 is 0. The fourth-order valence-electron chi connectivity index (χ4n) is 3.58. The Morgan fingerprint density at radius 2 is 2.00 bits per heavy atom. The quantitative estimate of drug-likeness (QED) is 0.422. The molecule has 4 N–H and O–H groups in total. The number of carbonyl (C=O) groups is 3. The molecular weight excluding hydrogens is 392 g/mol. The van der Waals surface area contributed by atoms with Crippen molar-refractivity contribution in [1.82, 2.24) is 10.6 Å². The van der Waals surface area contributed by atoms with Crippen molar-refractivity contribution in [3.63, 3.8) is 0 Å². The number of carbonyl (C=O) groups excluding carboxylic acids is 2. The molecule has 0 bridgehead atoms. The number of hydrogen-bond acceptors (Lipinski definition) is 7. The summed E-state index contributed by atoms with van der Waals surface area (Å²) in [4.78, 5) is 41.3. The number of aryl methyl sites for hydroxylation is 1. The molecule has 2 heterocycles. The third kappa shape index (κ3) is 4.88. The van der Waals surface area contributed by atoms with E-state index in [1.165, 1.54) is 0 Å². The zero-order chi connectivity index (χ0) is 21.7. The molecule has 0 aliphatic carbocycles. The van der Waals surface area contributed by atoms with Gasteiger partial charge in [0.25, 0.3) is 5.91 Å². The van der Waals surface area contributed by atoms with Crippen LogP contribution in [0.4, 0.5) is 16.2 Å². The van der Waals surface area contributed by atoms with Crippen LogP contribution < -0.4 is 20.3 Å². The Bertz CT molecular complexity index is 869. The van der Waals surface area contributed by atoms with E-state index >= 15 is 0 Å². The van der Waals surface area contributed by atoms with E-state index in [9.17, 15) is 14.4 Å². The summed E-state index contributed by atoms with van der Waals surface area (Å²) in [7, 11) is 0. The van der Waals surface area contributed by atoms with Crippen molar-refractivity contribution in [2.45, 2.75) is 45.2 Å². The Morgan fingerprint density at radius 1 is 1.23 bits per heavy atom. The second kappa shape index (κ2) is 9.57. The first kappa shape index (κ1) is 21.6. The largest absolute Gasteiger partial charge is 0.491 e. The van der Waals surface area contributed by atoms with E-state index in [4.69, 9.17) is 14.9 Å². The Labute approximate surface area is 173 Å². The minimum Gasteiger partial charge on any atom is -0.491 e. The molecule has 10 nitrogen and oxygen atoms in total. The highest BCUT2D eigenvalue weighted by Gasteiger charge is 2.39. The van der Waals surface area contributed by atoms with Gasteiger partial charge in [0.15, 0.2) is 6.17 Å². The number of nitrogens with zero attached hydrogens (tertiary/aromatic N) is 2. The SMILES string of the molecule is Cc1cc2c(cc1OCCO)N(CCCCCCC(=O)O)C1NC(=O)NC(=O)C1=N2. The van der Waals surface area contributed by atoms with Gasteiger partial charge in [-0.3, -0.25) is 14.9 Å². The van der Waals surface area contributed by atoms with Crippen molar-refractivity contribution in [3.05, 3.63) is 17.7 Å². The predicted molar refractivity (Wildman–Crippen MR) is 109 cm³/mol. The van der Waals surface area contributed by atoms with Crippen molar-refractivity contribution in [3.8, 4) is 5.75 Å². The van der Waals surface area contributed by atoms with Crippen LogP contribution in [-0.2, 0) is 9.59 Å². The van der Waals surface area contributed by atoms with Gasteiger partial charge in [0.05, 0.1) is 18.0 Å². The van der Waals surface area contributed by atoms with Gasteiger partial charge in [-0.05, 0) is 31.4 Å². The highest BCUT2D eigenvalue weighted by molar-refractivity contribution is 6.46. The highest BCUT2D eigenvalue weighted by atomic mass is 16.5. The van der Waals surface area contributed by atoms with E-state index in [1.54, 1.807) is 0 Å². The second-order valence-corrected chi connectivity index (χ2v) is 7.26. The van der Waals surface area contributed by atoms with Gasteiger partial charge in [-0.25, -0.2) is 9.79 Å². The van der Waals surface area contributed by atoms with E-state index in [-0.39, 0.29) is 25.3 Å². The van der Waals surface area contributed by atoms with Crippen LogP contribution in [0, 0.1) is 6.92 Å². The number of nitrogens with one attached hydrogen (secondary N) is 2. The van der Waals surface area contributed by atoms with Crippen LogP contribution in [0.3, 0.4) is 0 Å². The molecule has 0 spiro atoms. The molecule has 1 aromatic carbocycles. The lowest BCUT2D eigenvalue weighted by Crippen LogP contribution is -2.66. The molecule has 0 aromatic heterocycles. The van der Waals surface area contributed by atoms with E-state index in [1.807, 2.05) is 24.0 Å². The molecule has 1 atom stereocenters. The number of urea groups is 1. The number of aliphatic hydroxyl groups excluding tert-OH is 1. The fourth-order valence-corrected chi connectivity index (χ4v) is 3.58. The molecule has 3 rings (SSSR count). The number of carboxylic acid groups (broad SMARTS) is 1. The smallest absolute Gasteiger partial charge is 0.323 e. The number of carboxylic acids is 1. The van der Waals surface area contributed by atoms with Gasteiger partial charge in [0.2, 0.25) is 0 Å². The molecule has 1 aromatic rings. The van der Waals surface area contributed by atoms with Gasteiger partial charge in [-0.1, -0.05) is 12.8 Å². The summed E-state index contributed by atoms with van der Waals surface area (Å²) in [5.41, 5.74) is 2.37. The molecule has 2 aliphatic rings. The monoisotopic (exact) mass is 418 g/mol. The van der Waals surface area contributed by atoms with Gasteiger partial charge in [-0.15, -0.1) is 0 Å². The lowest BCUT2D eigenvalue weighted by molar-refractivity contribution is -0.137. The van der Waals surface area contributed by atoms with Gasteiger partial charge >= 0.3 is 12.0 Å². The maximum absolute atomic E-state index is 12.3. The summed E-state index contributed by atoms with van der Waals surface area (Å²) in [5.74, 6) is -0.735. The summed E-state index contributed by atoms with van der Waals surface area (Å²) < 4.78 is 5.61. The average molecular weight is 418 g/mol. The van der Waals surface area contributed by atoms with Crippen LogP contribution in [-0.4, -0.2) is 59.8 Å². The van der Waals surface area contributed by atoms with Gasteiger partial charge in [-0.2, -0.15) is 0 Å². The molecule has 30 heavy (non-hydrogen) atoms. The number of rotatable bonds is 10. The third-order valence-corrected chi connectivity index (χ3v) is 5.01. The van der Waals surface area contributed by atoms with Crippen LogP contribution >= 0.6 is 0 Å². The zero-order valence-electron chi connectivity index (χ0n) is 16.8. The summed E-state index contributed by atoms with van der Waals surface area (Å²) in [6, 6.07) is 3.04. The van der Waals surface area contributed by atoms with Crippen molar-refractivity contribution in [2.24, 2.45) is 4.99 Å². The number of unbranched alkanes of at least 4 members (excludes halogenated alkanes) is 3. The summed E-state index contributed by atoms with van der Waals surface area (Å²) in [6.45, 7) is 2.44. The Hall–Kier alpha value is -3.14. The van der Waals surface area contributed by atoms with Gasteiger partial charge in [0.1, 0.15) is 18.1 Å². The Morgan fingerprint density at radius 3 is 2.73 bits per heavy atom. The molecule has 1 saturated heterocycles. The maximum atomic E-state index is 12.3. The van der Waals surface area contributed by atoms with Crippen LogP contribution in [0.2, 0.25) is 0 Å². The number of benzene rings is 1. The first-order chi connectivity index (χ1) is 14.4. The number of anilines is 1. The molecule has 2 aliphatic heterocycles. The molecule has 1 fully saturated rings. The van der Waals surface area contributed by atoms with Crippen molar-refractivity contribution >= 4 is 35.0 Å². The predicted octanol–water partition coefficient (Wildman–Crippen LogP) is 1.46. The molecule has 0 saturated carbocycles. The first-order valence-corrected chi connectivity index (χ1v) is 9.98. The van der Waals surface area contributed by atoms with Crippen LogP contribution in [0.5, 0.6) is 5.75 Å². The molecule has 162 valence electrons. The van der Waals surface area contributed by atoms with Crippen molar-refractivity contribution < 1.29 is 29.3 Å². The number of hydrogen-bond donors (Lipinski definition) is 4. The number of aliphatic carboxylic acids is 1. The average Bonchev–Trinajstić information content (AvgIpc) is 2.69. The normalized spacial score (nSPS) is 17.5. The van der Waals surface area contributed by atoms with Crippen LogP contribution in [0.1, 0.15) is 37.7 Å². The topological polar surface area (TPSA) is 141 Å². The van der Waals surface area contributed by atoms with E-state index in [0.717, 1.165) is 30.5 Å². The summed E-state index contributed by atoms with van der Waals surface area (Å²) in [5, 5.41) is 22.8. The van der Waals surface area contributed by atoms with E-state index in [0.29, 0.717) is 24.4 Å². The van der Waals surface area contributed by atoms with E-state index < -0.39 is 24.1 Å². The number of aliphatic imine (C=N–C) groups is 1. The minimum atomic E-state index is -0.803. The minimum absolute atomic E-state index is 0.113. The molecule has 1 unspecified atom stereocenters. The van der Waals surface area contributed by atoms with Crippen molar-refractivity contribution in [1.29, 1.82) is 0 Å². The number of aliphatic hydroxyl groups is 1. The van der Waals surface area contributed by atoms with Crippen molar-refractivity contribution in [2.75, 3.05) is 24.7 Å². The van der Waals surface area contributed by atoms with E-state index in [2.05, 4.69) is 15.6 Å². The first-order valence-electron chi connectivity index (χ1n) is 9.98. The number of amides is 3. The van der Waals surface area contributed by atoms with Gasteiger partial charge in [0, 0.05) is 19.0 Å². The van der Waals surface area contributed by atoms with Gasteiger partial charge < -0.3 is 25.2 Å². The summed E-state index contributed by atoms with van der Waals surface area (Å²) in [6.07, 6.45) is 2.42. The molecule has 3 amide bonds.